The Labute approximate surface area is 144 Å². The average molecular weight is 357 g/mol. The molecular formula is C17H22F3N3O2. The Hall–Kier alpha value is -2.06. The van der Waals surface area contributed by atoms with Gasteiger partial charge in [-0.3, -0.25) is 10.00 Å². The van der Waals surface area contributed by atoms with E-state index in [1.807, 2.05) is 6.07 Å². The van der Waals surface area contributed by atoms with Crippen LogP contribution in [0.5, 0.6) is 5.75 Å². The number of hydrogen-bond donors (Lipinski definition) is 2. The molecule has 0 saturated heterocycles. The van der Waals surface area contributed by atoms with Gasteiger partial charge in [0.25, 0.3) is 0 Å². The number of nitrogens with one attached hydrogen (secondary N) is 1. The van der Waals surface area contributed by atoms with Crippen LogP contribution in [0.4, 0.5) is 13.2 Å². The van der Waals surface area contributed by atoms with Crippen LogP contribution in [-0.4, -0.2) is 40.3 Å². The molecule has 2 atom stereocenters. The number of aliphatic hydroxyl groups is 1. The highest BCUT2D eigenvalue weighted by Gasteiger charge is 2.43. The summed E-state index contributed by atoms with van der Waals surface area (Å²) in [6.45, 7) is 2.76. The van der Waals surface area contributed by atoms with Gasteiger partial charge in [0.05, 0.1) is 5.69 Å². The van der Waals surface area contributed by atoms with Crippen LogP contribution in [0.3, 0.4) is 0 Å². The van der Waals surface area contributed by atoms with E-state index in [9.17, 15) is 18.3 Å². The molecule has 1 aromatic carbocycles. The molecule has 0 saturated carbocycles. The van der Waals surface area contributed by atoms with Gasteiger partial charge in [-0.1, -0.05) is 18.2 Å². The topological polar surface area (TPSA) is 59.3 Å². The first-order valence-corrected chi connectivity index (χ1v) is 7.86. The van der Waals surface area contributed by atoms with Crippen LogP contribution in [-0.2, 0) is 7.05 Å². The number of halogens is 3. The molecule has 0 aliphatic carbocycles. The molecule has 1 aromatic heterocycles. The highest BCUT2D eigenvalue weighted by Crippen LogP contribution is 2.35. The number of aromatic nitrogens is 2. The second-order valence-electron chi connectivity index (χ2n) is 5.87. The van der Waals surface area contributed by atoms with E-state index < -0.39 is 18.3 Å². The number of para-hydroxylation sites is 1. The summed E-state index contributed by atoms with van der Waals surface area (Å²) in [5.41, 5.74) is 0.832. The molecule has 2 rings (SSSR count). The molecule has 2 N–H and O–H groups in total. The molecule has 0 amide bonds. The van der Waals surface area contributed by atoms with E-state index >= 15 is 0 Å². The van der Waals surface area contributed by atoms with Crippen molar-refractivity contribution in [2.24, 2.45) is 7.05 Å². The van der Waals surface area contributed by atoms with E-state index in [1.54, 1.807) is 38.2 Å². The number of hydrogen-bond acceptors (Lipinski definition) is 4. The number of aryl methyl sites for hydroxylation is 2. The van der Waals surface area contributed by atoms with Gasteiger partial charge in [0, 0.05) is 24.8 Å². The Morgan fingerprint density at radius 1 is 1.24 bits per heavy atom. The van der Waals surface area contributed by atoms with Gasteiger partial charge in [-0.25, -0.2) is 0 Å². The zero-order chi connectivity index (χ0) is 18.6. The summed E-state index contributed by atoms with van der Waals surface area (Å²) in [6, 6.07) is 6.88. The van der Waals surface area contributed by atoms with Crippen molar-refractivity contribution in [1.29, 1.82) is 0 Å². The number of benzene rings is 1. The van der Waals surface area contributed by atoms with Crippen LogP contribution in [0, 0.1) is 13.8 Å². The molecule has 25 heavy (non-hydrogen) atoms. The van der Waals surface area contributed by atoms with Gasteiger partial charge in [-0.15, -0.1) is 0 Å². The van der Waals surface area contributed by atoms with Crippen LogP contribution in [0.15, 0.2) is 30.3 Å². The van der Waals surface area contributed by atoms with Crippen molar-refractivity contribution < 1.29 is 23.0 Å². The van der Waals surface area contributed by atoms with Crippen LogP contribution in [0.1, 0.15) is 23.0 Å². The van der Waals surface area contributed by atoms with Crippen LogP contribution in [0.25, 0.3) is 0 Å². The van der Waals surface area contributed by atoms with Crippen LogP contribution < -0.4 is 10.1 Å². The summed E-state index contributed by atoms with van der Waals surface area (Å²) in [5, 5.41) is 16.4. The Kier molecular flexibility index (Phi) is 6.07. The normalized spacial score (nSPS) is 14.4. The number of nitrogens with zero attached hydrogens (tertiary/aromatic N) is 2. The molecule has 0 fully saturated rings. The van der Waals surface area contributed by atoms with Gasteiger partial charge in [0.1, 0.15) is 24.5 Å². The molecule has 138 valence electrons. The molecule has 1 heterocycles. The van der Waals surface area contributed by atoms with E-state index in [0.717, 1.165) is 0 Å². The lowest BCUT2D eigenvalue weighted by atomic mass is 10.0. The lowest BCUT2D eigenvalue weighted by molar-refractivity contribution is -0.159. The molecular weight excluding hydrogens is 335 g/mol. The molecule has 0 radical (unpaired) electrons. The molecule has 0 aliphatic heterocycles. The number of rotatable bonds is 7. The lowest BCUT2D eigenvalue weighted by Crippen LogP contribution is -2.40. The smallest absolute Gasteiger partial charge is 0.408 e. The van der Waals surface area contributed by atoms with Crippen molar-refractivity contribution in [2.45, 2.75) is 32.2 Å². The lowest BCUT2D eigenvalue weighted by Gasteiger charge is -2.24. The summed E-state index contributed by atoms with van der Waals surface area (Å²) in [7, 11) is 1.60. The van der Waals surface area contributed by atoms with Crippen molar-refractivity contribution >= 4 is 0 Å². The largest absolute Gasteiger partial charge is 0.491 e. The third kappa shape index (κ3) is 4.96. The fourth-order valence-corrected chi connectivity index (χ4v) is 2.61. The second-order valence-corrected chi connectivity index (χ2v) is 5.87. The number of aliphatic hydroxyl groups excluding tert-OH is 1. The highest BCUT2D eigenvalue weighted by molar-refractivity contribution is 5.29. The molecule has 8 heteroatoms. The summed E-state index contributed by atoms with van der Waals surface area (Å²) in [6.07, 6.45) is -5.58. The van der Waals surface area contributed by atoms with Crippen molar-refractivity contribution in [3.63, 3.8) is 0 Å². The van der Waals surface area contributed by atoms with E-state index in [-0.39, 0.29) is 18.7 Å². The molecule has 0 bridgehead atoms. The third-order valence-electron chi connectivity index (χ3n) is 3.92. The van der Waals surface area contributed by atoms with Gasteiger partial charge < -0.3 is 9.84 Å². The fourth-order valence-electron chi connectivity index (χ4n) is 2.61. The quantitative estimate of drug-likeness (QED) is 0.800. The maximum Gasteiger partial charge on any atom is 0.408 e. The van der Waals surface area contributed by atoms with Gasteiger partial charge in [0.15, 0.2) is 0 Å². The van der Waals surface area contributed by atoms with Gasteiger partial charge >= 0.3 is 6.18 Å². The summed E-state index contributed by atoms with van der Waals surface area (Å²) >= 11 is 0. The highest BCUT2D eigenvalue weighted by atomic mass is 19.4. The van der Waals surface area contributed by atoms with Crippen LogP contribution in [0.2, 0.25) is 0 Å². The molecule has 0 aliphatic rings. The first-order valence-electron chi connectivity index (χ1n) is 7.86. The second kappa shape index (κ2) is 7.88. The first-order chi connectivity index (χ1) is 11.7. The Balaban J connectivity index is 2.01. The first kappa shape index (κ1) is 19.3. The van der Waals surface area contributed by atoms with E-state index in [4.69, 9.17) is 4.74 Å². The van der Waals surface area contributed by atoms with Gasteiger partial charge in [-0.05, 0) is 26.0 Å². The van der Waals surface area contributed by atoms with E-state index in [0.29, 0.717) is 17.1 Å². The Morgan fingerprint density at radius 2 is 1.88 bits per heavy atom. The Bertz CT molecular complexity index is 686. The molecule has 0 spiro atoms. The molecule has 2 aromatic rings. The molecule has 5 nitrogen and oxygen atoms in total. The summed E-state index contributed by atoms with van der Waals surface area (Å²) < 4.78 is 47.2. The predicted octanol–water partition coefficient (Wildman–Crippen LogP) is 2.67. The van der Waals surface area contributed by atoms with Crippen molar-refractivity contribution in [3.8, 4) is 5.75 Å². The van der Waals surface area contributed by atoms with Crippen LogP contribution >= 0.6 is 0 Å². The Morgan fingerprint density at radius 3 is 2.40 bits per heavy atom. The minimum absolute atomic E-state index is 0.0891. The van der Waals surface area contributed by atoms with Crippen molar-refractivity contribution in [2.75, 3.05) is 13.2 Å². The average Bonchev–Trinajstić information content (AvgIpc) is 2.79. The summed E-state index contributed by atoms with van der Waals surface area (Å²) in [5.74, 6) is 0.549. The number of alkyl halides is 3. The fraction of sp³-hybridized carbons (Fsp3) is 0.471. The van der Waals surface area contributed by atoms with E-state index in [2.05, 4.69) is 10.4 Å². The molecule has 0 unspecified atom stereocenters. The summed E-state index contributed by atoms with van der Waals surface area (Å²) in [4.78, 5) is 0. The predicted molar refractivity (Wildman–Crippen MR) is 87.4 cm³/mol. The number of ether oxygens (including phenoxy) is 1. The zero-order valence-electron chi connectivity index (χ0n) is 14.3. The monoisotopic (exact) mass is 357 g/mol. The minimum atomic E-state index is -4.50. The maximum absolute atomic E-state index is 13.5. The standard InChI is InChI=1S/C17H22F3N3O2/c1-11-15(12(2)23(3)22-11)16(17(18,19)20)21-9-13(24)10-25-14-7-5-4-6-8-14/h4-8,13,16,21,24H,9-10H2,1-3H3/t13-,16-/m1/s1. The van der Waals surface area contributed by atoms with Gasteiger partial charge in [0.2, 0.25) is 0 Å². The SMILES string of the molecule is Cc1nn(C)c(C)c1[C@@H](NC[C@@H](O)COc1ccccc1)C(F)(F)F. The third-order valence-corrected chi connectivity index (χ3v) is 3.92. The minimum Gasteiger partial charge on any atom is -0.491 e. The van der Waals surface area contributed by atoms with Gasteiger partial charge in [-0.2, -0.15) is 18.3 Å². The zero-order valence-corrected chi connectivity index (χ0v) is 14.3. The van der Waals surface area contributed by atoms with Crippen molar-refractivity contribution in [3.05, 3.63) is 47.3 Å². The van der Waals surface area contributed by atoms with Crippen molar-refractivity contribution in [1.82, 2.24) is 15.1 Å². The van der Waals surface area contributed by atoms with E-state index in [1.165, 1.54) is 11.6 Å². The maximum atomic E-state index is 13.5.